The van der Waals surface area contributed by atoms with E-state index in [1.165, 1.54) is 5.56 Å². The smallest absolute Gasteiger partial charge is 0.127 e. The van der Waals surface area contributed by atoms with Crippen molar-refractivity contribution in [3.8, 4) is 11.5 Å². The van der Waals surface area contributed by atoms with Gasteiger partial charge in [0.1, 0.15) is 11.5 Å². The van der Waals surface area contributed by atoms with Gasteiger partial charge in [-0.2, -0.15) is 11.3 Å². The van der Waals surface area contributed by atoms with E-state index in [9.17, 15) is 0 Å². The van der Waals surface area contributed by atoms with Crippen LogP contribution in [0.5, 0.6) is 11.5 Å². The van der Waals surface area contributed by atoms with Crippen LogP contribution in [0.4, 0.5) is 5.69 Å². The summed E-state index contributed by atoms with van der Waals surface area (Å²) in [7, 11) is 0. The van der Waals surface area contributed by atoms with Crippen LogP contribution in [0.3, 0.4) is 0 Å². The molecule has 0 atom stereocenters. The SMILES string of the molecule is c1ccc(Oc2ccc(NCCc3ccsc3)cc2)cc1. The molecule has 3 heteroatoms. The summed E-state index contributed by atoms with van der Waals surface area (Å²) in [6, 6.07) is 20.1. The largest absolute Gasteiger partial charge is 0.457 e. The van der Waals surface area contributed by atoms with Crippen LogP contribution in [0, 0.1) is 0 Å². The Hall–Kier alpha value is -2.26. The third-order valence-corrected chi connectivity index (χ3v) is 3.89. The topological polar surface area (TPSA) is 21.3 Å². The maximum atomic E-state index is 5.77. The van der Waals surface area contributed by atoms with Crippen LogP contribution < -0.4 is 10.1 Å². The number of anilines is 1. The normalized spacial score (nSPS) is 10.3. The molecule has 0 radical (unpaired) electrons. The van der Waals surface area contributed by atoms with Crippen molar-refractivity contribution in [2.45, 2.75) is 6.42 Å². The molecule has 0 saturated heterocycles. The molecule has 21 heavy (non-hydrogen) atoms. The molecule has 0 aliphatic rings. The van der Waals surface area contributed by atoms with Crippen LogP contribution in [-0.2, 0) is 6.42 Å². The minimum absolute atomic E-state index is 0.851. The van der Waals surface area contributed by atoms with Crippen LogP contribution in [0.2, 0.25) is 0 Å². The first-order valence-electron chi connectivity index (χ1n) is 6.98. The molecular formula is C18H17NOS. The zero-order valence-electron chi connectivity index (χ0n) is 11.7. The third kappa shape index (κ3) is 4.10. The number of para-hydroxylation sites is 1. The lowest BCUT2D eigenvalue weighted by Gasteiger charge is -2.08. The first-order chi connectivity index (χ1) is 10.4. The predicted molar refractivity (Wildman–Crippen MR) is 89.5 cm³/mol. The second-order valence-electron chi connectivity index (χ2n) is 4.75. The molecule has 106 valence electrons. The number of hydrogen-bond donors (Lipinski definition) is 1. The van der Waals surface area contributed by atoms with Crippen LogP contribution in [0.25, 0.3) is 0 Å². The van der Waals surface area contributed by atoms with Gasteiger partial charge in [0.05, 0.1) is 0 Å². The van der Waals surface area contributed by atoms with Crippen molar-refractivity contribution in [1.82, 2.24) is 0 Å². The summed E-state index contributed by atoms with van der Waals surface area (Å²) in [4.78, 5) is 0. The average molecular weight is 295 g/mol. The van der Waals surface area contributed by atoms with Gasteiger partial charge in [0.25, 0.3) is 0 Å². The Labute approximate surface area is 129 Å². The summed E-state index contributed by atoms with van der Waals surface area (Å²) in [5.41, 5.74) is 2.50. The van der Waals surface area contributed by atoms with E-state index in [1.54, 1.807) is 11.3 Å². The van der Waals surface area contributed by atoms with Gasteiger partial charge in [-0.15, -0.1) is 0 Å². The van der Waals surface area contributed by atoms with E-state index >= 15 is 0 Å². The molecule has 0 fully saturated rings. The van der Waals surface area contributed by atoms with Gasteiger partial charge in [-0.1, -0.05) is 18.2 Å². The molecule has 1 aromatic heterocycles. The lowest BCUT2D eigenvalue weighted by atomic mass is 10.2. The molecule has 0 spiro atoms. The molecule has 0 aliphatic carbocycles. The highest BCUT2D eigenvalue weighted by Gasteiger charge is 1.98. The van der Waals surface area contributed by atoms with E-state index < -0.39 is 0 Å². The predicted octanol–water partition coefficient (Wildman–Crippen LogP) is 5.20. The number of ether oxygens (including phenoxy) is 1. The lowest BCUT2D eigenvalue weighted by molar-refractivity contribution is 0.483. The molecule has 0 unspecified atom stereocenters. The van der Waals surface area contributed by atoms with Gasteiger partial charge in [-0.05, 0) is 65.2 Å². The summed E-state index contributed by atoms with van der Waals surface area (Å²) in [5.74, 6) is 1.71. The fourth-order valence-electron chi connectivity index (χ4n) is 2.05. The Bertz CT molecular complexity index is 647. The van der Waals surface area contributed by atoms with Gasteiger partial charge in [0.2, 0.25) is 0 Å². The minimum Gasteiger partial charge on any atom is -0.457 e. The summed E-state index contributed by atoms with van der Waals surface area (Å²) in [6.07, 6.45) is 1.05. The van der Waals surface area contributed by atoms with Crippen molar-refractivity contribution in [3.05, 3.63) is 77.0 Å². The molecule has 0 bridgehead atoms. The van der Waals surface area contributed by atoms with Crippen molar-refractivity contribution in [2.24, 2.45) is 0 Å². The molecule has 2 nitrogen and oxygen atoms in total. The molecule has 1 N–H and O–H groups in total. The summed E-state index contributed by atoms with van der Waals surface area (Å²) in [6.45, 7) is 0.940. The molecular weight excluding hydrogens is 278 g/mol. The monoisotopic (exact) mass is 295 g/mol. The second-order valence-corrected chi connectivity index (χ2v) is 5.53. The Morgan fingerprint density at radius 2 is 1.62 bits per heavy atom. The van der Waals surface area contributed by atoms with Gasteiger partial charge in [0, 0.05) is 12.2 Å². The summed E-state index contributed by atoms with van der Waals surface area (Å²) < 4.78 is 5.77. The Morgan fingerprint density at radius 3 is 2.33 bits per heavy atom. The van der Waals surface area contributed by atoms with Crippen molar-refractivity contribution in [1.29, 1.82) is 0 Å². The van der Waals surface area contributed by atoms with Crippen molar-refractivity contribution in [3.63, 3.8) is 0 Å². The zero-order valence-corrected chi connectivity index (χ0v) is 12.5. The Kier molecular flexibility index (Phi) is 4.54. The minimum atomic E-state index is 0.851. The fraction of sp³-hybridized carbons (Fsp3) is 0.111. The first kappa shape index (κ1) is 13.7. The van der Waals surface area contributed by atoms with Gasteiger partial charge < -0.3 is 10.1 Å². The molecule has 3 aromatic rings. The van der Waals surface area contributed by atoms with E-state index in [0.717, 1.165) is 30.2 Å². The molecule has 0 amide bonds. The Morgan fingerprint density at radius 1 is 0.857 bits per heavy atom. The average Bonchev–Trinajstić information content (AvgIpc) is 3.03. The molecule has 1 heterocycles. The number of nitrogens with one attached hydrogen (secondary N) is 1. The van der Waals surface area contributed by atoms with Crippen LogP contribution >= 0.6 is 11.3 Å². The molecule has 3 rings (SSSR count). The summed E-state index contributed by atoms with van der Waals surface area (Å²) >= 11 is 1.74. The van der Waals surface area contributed by atoms with Gasteiger partial charge >= 0.3 is 0 Å². The van der Waals surface area contributed by atoms with Crippen molar-refractivity contribution < 1.29 is 4.74 Å². The number of rotatable bonds is 6. The Balaban J connectivity index is 1.52. The van der Waals surface area contributed by atoms with E-state index in [2.05, 4.69) is 22.1 Å². The third-order valence-electron chi connectivity index (χ3n) is 3.16. The summed E-state index contributed by atoms with van der Waals surface area (Å²) in [5, 5.41) is 7.73. The van der Waals surface area contributed by atoms with Crippen molar-refractivity contribution in [2.75, 3.05) is 11.9 Å². The number of thiophene rings is 1. The first-order valence-corrected chi connectivity index (χ1v) is 7.92. The highest BCUT2D eigenvalue weighted by molar-refractivity contribution is 7.07. The zero-order chi connectivity index (χ0) is 14.3. The van der Waals surface area contributed by atoms with Gasteiger partial charge in [0.15, 0.2) is 0 Å². The van der Waals surface area contributed by atoms with Crippen molar-refractivity contribution >= 4 is 17.0 Å². The maximum Gasteiger partial charge on any atom is 0.127 e. The molecule has 0 aliphatic heterocycles. The van der Waals surface area contributed by atoms with Crippen LogP contribution in [0.15, 0.2) is 71.4 Å². The van der Waals surface area contributed by atoms with Crippen LogP contribution in [-0.4, -0.2) is 6.54 Å². The van der Waals surface area contributed by atoms with E-state index in [1.807, 2.05) is 54.6 Å². The molecule has 0 saturated carbocycles. The van der Waals surface area contributed by atoms with E-state index in [0.29, 0.717) is 0 Å². The van der Waals surface area contributed by atoms with Crippen LogP contribution in [0.1, 0.15) is 5.56 Å². The maximum absolute atomic E-state index is 5.77. The van der Waals surface area contributed by atoms with Gasteiger partial charge in [-0.3, -0.25) is 0 Å². The fourth-order valence-corrected chi connectivity index (χ4v) is 2.75. The second kappa shape index (κ2) is 6.95. The van der Waals surface area contributed by atoms with E-state index in [-0.39, 0.29) is 0 Å². The number of benzene rings is 2. The molecule has 2 aromatic carbocycles. The standard InChI is InChI=1S/C18H17NOS/c1-2-4-17(5-3-1)20-18-8-6-16(7-9-18)19-12-10-15-11-13-21-14-15/h1-9,11,13-14,19H,10,12H2. The van der Waals surface area contributed by atoms with Gasteiger partial charge in [-0.25, -0.2) is 0 Å². The number of hydrogen-bond acceptors (Lipinski definition) is 3. The quantitative estimate of drug-likeness (QED) is 0.675. The van der Waals surface area contributed by atoms with E-state index in [4.69, 9.17) is 4.74 Å². The highest BCUT2D eigenvalue weighted by atomic mass is 32.1. The highest BCUT2D eigenvalue weighted by Crippen LogP contribution is 2.22. The lowest BCUT2D eigenvalue weighted by Crippen LogP contribution is -2.03.